The van der Waals surface area contributed by atoms with Crippen LogP contribution in [-0.2, 0) is 6.42 Å². The monoisotopic (exact) mass is 242 g/mol. The van der Waals surface area contributed by atoms with Crippen LogP contribution < -0.4 is 10.5 Å². The zero-order valence-corrected chi connectivity index (χ0v) is 10.5. The van der Waals surface area contributed by atoms with E-state index in [1.807, 2.05) is 36.5 Å². The maximum absolute atomic E-state index is 6.17. The minimum atomic E-state index is 0.0520. The molecule has 0 amide bonds. The number of rotatable bonds is 5. The third kappa shape index (κ3) is 3.31. The molecular formula is C15H18N2O. The van der Waals surface area contributed by atoms with Crippen molar-refractivity contribution in [1.29, 1.82) is 0 Å². The number of aromatic nitrogens is 1. The summed E-state index contributed by atoms with van der Waals surface area (Å²) in [6.07, 6.45) is 5.53. The van der Waals surface area contributed by atoms with Gasteiger partial charge in [0.05, 0.1) is 7.11 Å². The number of hydrogen-bond acceptors (Lipinski definition) is 3. The minimum absolute atomic E-state index is 0.0520. The molecule has 94 valence electrons. The standard InChI is InChI=1S/C15H18N2O/c1-18-14-7-5-13(6-8-14)15(16)9-4-12-3-2-10-17-11-12/h2-3,5-8,10-11,15H,4,9,16H2,1H3. The van der Waals surface area contributed by atoms with Gasteiger partial charge in [0.1, 0.15) is 5.75 Å². The van der Waals surface area contributed by atoms with Gasteiger partial charge in [0.2, 0.25) is 0 Å². The molecule has 0 fully saturated rings. The lowest BCUT2D eigenvalue weighted by Crippen LogP contribution is -2.11. The smallest absolute Gasteiger partial charge is 0.118 e. The van der Waals surface area contributed by atoms with Gasteiger partial charge in [-0.2, -0.15) is 0 Å². The van der Waals surface area contributed by atoms with E-state index in [4.69, 9.17) is 10.5 Å². The second kappa shape index (κ2) is 6.17. The van der Waals surface area contributed by atoms with Crippen LogP contribution in [0.3, 0.4) is 0 Å². The van der Waals surface area contributed by atoms with E-state index in [1.54, 1.807) is 13.3 Å². The van der Waals surface area contributed by atoms with Gasteiger partial charge in [-0.3, -0.25) is 4.98 Å². The van der Waals surface area contributed by atoms with E-state index in [2.05, 4.69) is 11.1 Å². The van der Waals surface area contributed by atoms with Crippen molar-refractivity contribution in [2.45, 2.75) is 18.9 Å². The minimum Gasteiger partial charge on any atom is -0.497 e. The molecule has 3 nitrogen and oxygen atoms in total. The van der Waals surface area contributed by atoms with Gasteiger partial charge in [0.25, 0.3) is 0 Å². The third-order valence-corrected chi connectivity index (χ3v) is 3.01. The molecule has 0 aliphatic carbocycles. The maximum atomic E-state index is 6.17. The Kier molecular flexibility index (Phi) is 4.31. The zero-order valence-electron chi connectivity index (χ0n) is 10.5. The molecule has 3 heteroatoms. The number of aryl methyl sites for hydroxylation is 1. The first kappa shape index (κ1) is 12.6. The lowest BCUT2D eigenvalue weighted by Gasteiger charge is -2.12. The highest BCUT2D eigenvalue weighted by molar-refractivity contribution is 5.29. The van der Waals surface area contributed by atoms with Crippen LogP contribution >= 0.6 is 0 Å². The second-order valence-electron chi connectivity index (χ2n) is 4.28. The molecule has 0 aliphatic rings. The van der Waals surface area contributed by atoms with Gasteiger partial charge in [-0.05, 0) is 42.2 Å². The number of ether oxygens (including phenoxy) is 1. The molecule has 1 aromatic heterocycles. The van der Waals surface area contributed by atoms with Crippen LogP contribution in [0, 0.1) is 0 Å². The summed E-state index contributed by atoms with van der Waals surface area (Å²) in [6, 6.07) is 12.0. The van der Waals surface area contributed by atoms with Gasteiger partial charge in [0.15, 0.2) is 0 Å². The molecule has 2 rings (SSSR count). The molecule has 0 bridgehead atoms. The molecule has 1 unspecified atom stereocenters. The summed E-state index contributed by atoms with van der Waals surface area (Å²) >= 11 is 0. The van der Waals surface area contributed by atoms with Crippen molar-refractivity contribution in [2.75, 3.05) is 7.11 Å². The highest BCUT2D eigenvalue weighted by Crippen LogP contribution is 2.19. The molecule has 0 spiro atoms. The van der Waals surface area contributed by atoms with Crippen molar-refractivity contribution >= 4 is 0 Å². The van der Waals surface area contributed by atoms with Crippen molar-refractivity contribution in [1.82, 2.24) is 4.98 Å². The van der Waals surface area contributed by atoms with Crippen molar-refractivity contribution in [3.05, 3.63) is 59.9 Å². The summed E-state index contributed by atoms with van der Waals surface area (Å²) in [5.74, 6) is 0.859. The molecule has 0 saturated heterocycles. The number of methoxy groups -OCH3 is 1. The second-order valence-corrected chi connectivity index (χ2v) is 4.28. The van der Waals surface area contributed by atoms with Crippen LogP contribution in [0.15, 0.2) is 48.8 Å². The van der Waals surface area contributed by atoms with E-state index in [-0.39, 0.29) is 6.04 Å². The summed E-state index contributed by atoms with van der Waals surface area (Å²) in [6.45, 7) is 0. The molecule has 0 aliphatic heterocycles. The van der Waals surface area contributed by atoms with Crippen LogP contribution in [0.5, 0.6) is 5.75 Å². The number of hydrogen-bond donors (Lipinski definition) is 1. The van der Waals surface area contributed by atoms with Crippen LogP contribution in [0.1, 0.15) is 23.6 Å². The Morgan fingerprint density at radius 2 is 2.00 bits per heavy atom. The molecule has 1 atom stereocenters. The predicted octanol–water partition coefficient (Wildman–Crippen LogP) is 2.72. The predicted molar refractivity (Wildman–Crippen MR) is 72.5 cm³/mol. The van der Waals surface area contributed by atoms with E-state index in [9.17, 15) is 0 Å². The van der Waals surface area contributed by atoms with Gasteiger partial charge in [-0.1, -0.05) is 18.2 Å². The van der Waals surface area contributed by atoms with Crippen molar-refractivity contribution in [3.63, 3.8) is 0 Å². The topological polar surface area (TPSA) is 48.1 Å². The molecule has 0 saturated carbocycles. The Morgan fingerprint density at radius 3 is 2.61 bits per heavy atom. The van der Waals surface area contributed by atoms with Crippen LogP contribution in [-0.4, -0.2) is 12.1 Å². The summed E-state index contributed by atoms with van der Waals surface area (Å²) in [4.78, 5) is 4.10. The normalized spacial score (nSPS) is 12.1. The first-order chi connectivity index (χ1) is 8.79. The molecule has 2 aromatic rings. The Bertz CT molecular complexity index is 468. The summed E-state index contributed by atoms with van der Waals surface area (Å²) < 4.78 is 5.13. The quantitative estimate of drug-likeness (QED) is 0.877. The number of nitrogens with two attached hydrogens (primary N) is 1. The highest BCUT2D eigenvalue weighted by atomic mass is 16.5. The number of benzene rings is 1. The van der Waals surface area contributed by atoms with Crippen LogP contribution in [0.2, 0.25) is 0 Å². The van der Waals surface area contributed by atoms with E-state index in [1.165, 1.54) is 5.56 Å². The first-order valence-electron chi connectivity index (χ1n) is 6.08. The first-order valence-corrected chi connectivity index (χ1v) is 6.08. The van der Waals surface area contributed by atoms with Gasteiger partial charge >= 0.3 is 0 Å². The number of nitrogens with zero attached hydrogens (tertiary/aromatic N) is 1. The van der Waals surface area contributed by atoms with Gasteiger partial charge in [-0.25, -0.2) is 0 Å². The van der Waals surface area contributed by atoms with E-state index in [0.29, 0.717) is 0 Å². The van der Waals surface area contributed by atoms with Crippen molar-refractivity contribution in [2.24, 2.45) is 5.73 Å². The lowest BCUT2D eigenvalue weighted by atomic mass is 10.0. The van der Waals surface area contributed by atoms with Gasteiger partial charge in [0, 0.05) is 18.4 Å². The number of pyridine rings is 1. The SMILES string of the molecule is COc1ccc(C(N)CCc2cccnc2)cc1. The molecule has 0 radical (unpaired) electrons. The fourth-order valence-corrected chi connectivity index (χ4v) is 1.89. The highest BCUT2D eigenvalue weighted by Gasteiger charge is 2.06. The fourth-order valence-electron chi connectivity index (χ4n) is 1.89. The molecule has 2 N–H and O–H groups in total. The maximum Gasteiger partial charge on any atom is 0.118 e. The van der Waals surface area contributed by atoms with Crippen LogP contribution in [0.25, 0.3) is 0 Å². The lowest BCUT2D eigenvalue weighted by molar-refractivity contribution is 0.414. The Balaban J connectivity index is 1.93. The fraction of sp³-hybridized carbons (Fsp3) is 0.267. The molecular weight excluding hydrogens is 224 g/mol. The Hall–Kier alpha value is -1.87. The molecule has 1 aromatic carbocycles. The molecule has 18 heavy (non-hydrogen) atoms. The average Bonchev–Trinajstić information content (AvgIpc) is 2.46. The summed E-state index contributed by atoms with van der Waals surface area (Å²) in [7, 11) is 1.66. The summed E-state index contributed by atoms with van der Waals surface area (Å²) in [5.41, 5.74) is 8.54. The third-order valence-electron chi connectivity index (χ3n) is 3.01. The van der Waals surface area contributed by atoms with E-state index < -0.39 is 0 Å². The van der Waals surface area contributed by atoms with Crippen LogP contribution in [0.4, 0.5) is 0 Å². The van der Waals surface area contributed by atoms with Gasteiger partial charge < -0.3 is 10.5 Å². The van der Waals surface area contributed by atoms with E-state index in [0.717, 1.165) is 24.2 Å². The zero-order chi connectivity index (χ0) is 12.8. The van der Waals surface area contributed by atoms with E-state index >= 15 is 0 Å². The van der Waals surface area contributed by atoms with Crippen molar-refractivity contribution in [3.8, 4) is 5.75 Å². The largest absolute Gasteiger partial charge is 0.497 e. The average molecular weight is 242 g/mol. The summed E-state index contributed by atoms with van der Waals surface area (Å²) in [5, 5.41) is 0. The van der Waals surface area contributed by atoms with Crippen molar-refractivity contribution < 1.29 is 4.74 Å². The Labute approximate surface area is 108 Å². The Morgan fingerprint density at radius 1 is 1.22 bits per heavy atom. The molecule has 1 heterocycles. The van der Waals surface area contributed by atoms with Gasteiger partial charge in [-0.15, -0.1) is 0 Å².